The van der Waals surface area contributed by atoms with Gasteiger partial charge in [0.05, 0.1) is 5.69 Å². The monoisotopic (exact) mass is 443 g/mol. The molecule has 4 heteroatoms. The molecule has 0 saturated heterocycles. The van der Waals surface area contributed by atoms with Gasteiger partial charge in [-0.3, -0.25) is 9.36 Å². The zero-order chi connectivity index (χ0) is 23.3. The van der Waals surface area contributed by atoms with Gasteiger partial charge in [0.2, 0.25) is 5.91 Å². The highest BCUT2D eigenvalue weighted by molar-refractivity contribution is 7.03. The van der Waals surface area contributed by atoms with Crippen molar-refractivity contribution < 1.29 is 9.22 Å². The average molecular weight is 444 g/mol. The minimum Gasteiger partial charge on any atom is -0.516 e. The van der Waals surface area contributed by atoms with Crippen molar-refractivity contribution in [1.29, 1.82) is 0 Å². The first-order valence-corrected chi connectivity index (χ1v) is 13.1. The summed E-state index contributed by atoms with van der Waals surface area (Å²) < 4.78 is 9.09. The lowest BCUT2D eigenvalue weighted by Gasteiger charge is -2.34. The molecule has 0 fully saturated rings. The molecule has 1 amide bonds. The summed E-state index contributed by atoms with van der Waals surface area (Å²) in [6, 6.07) is 25.0. The number of amides is 1. The highest BCUT2D eigenvalue weighted by Gasteiger charge is 2.57. The minimum absolute atomic E-state index is 0.00837. The number of carbonyl (C=O) groups is 1. The molecule has 0 N–H and O–H groups in total. The van der Waals surface area contributed by atoms with Crippen LogP contribution >= 0.6 is 0 Å². The molecule has 0 radical (unpaired) electrons. The van der Waals surface area contributed by atoms with Crippen molar-refractivity contribution in [1.82, 2.24) is 0 Å². The van der Waals surface area contributed by atoms with Crippen LogP contribution in [0.4, 0.5) is 5.69 Å². The third-order valence-electron chi connectivity index (χ3n) is 6.19. The Kier molecular flexibility index (Phi) is 5.33. The number of benzene rings is 3. The lowest BCUT2D eigenvalue weighted by atomic mass is 9.79. The van der Waals surface area contributed by atoms with Gasteiger partial charge in [-0.15, -0.1) is 0 Å². The molecule has 3 aromatic carbocycles. The third-order valence-corrected chi connectivity index (χ3v) is 10.1. The summed E-state index contributed by atoms with van der Waals surface area (Å²) in [5.41, 5.74) is 3.07. The van der Waals surface area contributed by atoms with Crippen LogP contribution < -0.4 is 19.4 Å². The standard InChI is InChI=1S/C28H33NO2Si/c1-20(30)29-25-19-21(27(2,3)4)18-24(28(5,6)7)26(25)31-32(29,22-14-10-8-11-15-22)23-16-12-9-13-17-23/h8-19H,1-7H3. The Morgan fingerprint density at radius 2 is 1.28 bits per heavy atom. The molecule has 1 aliphatic rings. The van der Waals surface area contributed by atoms with Crippen LogP contribution in [-0.4, -0.2) is 14.4 Å². The molecule has 166 valence electrons. The Morgan fingerprint density at radius 3 is 1.69 bits per heavy atom. The maximum Gasteiger partial charge on any atom is 0.436 e. The van der Waals surface area contributed by atoms with Crippen LogP contribution in [0.15, 0.2) is 72.8 Å². The van der Waals surface area contributed by atoms with Crippen molar-refractivity contribution in [3.8, 4) is 5.75 Å². The van der Waals surface area contributed by atoms with Gasteiger partial charge in [-0.05, 0) is 22.5 Å². The summed E-state index contributed by atoms with van der Waals surface area (Å²) in [6.45, 7) is 14.9. The predicted octanol–water partition coefficient (Wildman–Crippen LogP) is 5.28. The number of fused-ring (bicyclic) bond motifs is 1. The Bertz CT molecular complexity index is 1100. The molecule has 0 unspecified atom stereocenters. The first kappa shape index (κ1) is 22.3. The van der Waals surface area contributed by atoms with E-state index in [1.165, 1.54) is 5.56 Å². The van der Waals surface area contributed by atoms with Gasteiger partial charge < -0.3 is 4.43 Å². The normalized spacial score (nSPS) is 15.3. The summed E-state index contributed by atoms with van der Waals surface area (Å²) in [7, 11) is -3.09. The minimum atomic E-state index is -3.09. The highest BCUT2D eigenvalue weighted by atomic mass is 28.4. The fraction of sp³-hybridized carbons (Fsp3) is 0.321. The molecule has 0 saturated carbocycles. The molecule has 3 nitrogen and oxygen atoms in total. The van der Waals surface area contributed by atoms with Crippen LogP contribution in [0.1, 0.15) is 59.6 Å². The van der Waals surface area contributed by atoms with Gasteiger partial charge in [-0.25, -0.2) is 0 Å². The van der Waals surface area contributed by atoms with E-state index in [1.807, 2.05) is 41.0 Å². The fourth-order valence-electron chi connectivity index (χ4n) is 4.50. The molecule has 0 aromatic heterocycles. The summed E-state index contributed by atoms with van der Waals surface area (Å²) in [5.74, 6) is 0.856. The van der Waals surface area contributed by atoms with Crippen molar-refractivity contribution in [2.24, 2.45) is 0 Å². The molecular formula is C28H33NO2Si. The van der Waals surface area contributed by atoms with E-state index in [4.69, 9.17) is 4.43 Å². The van der Waals surface area contributed by atoms with E-state index >= 15 is 0 Å². The van der Waals surface area contributed by atoms with Crippen LogP contribution in [-0.2, 0) is 15.6 Å². The van der Waals surface area contributed by atoms with E-state index in [0.29, 0.717) is 0 Å². The van der Waals surface area contributed by atoms with Crippen molar-refractivity contribution in [2.75, 3.05) is 4.57 Å². The largest absolute Gasteiger partial charge is 0.516 e. The lowest BCUT2D eigenvalue weighted by molar-refractivity contribution is -0.115. The van der Waals surface area contributed by atoms with E-state index in [2.05, 4.69) is 77.9 Å². The summed E-state index contributed by atoms with van der Waals surface area (Å²) >= 11 is 0. The fourth-order valence-corrected chi connectivity index (χ4v) is 8.43. The number of anilines is 1. The first-order valence-electron chi connectivity index (χ1n) is 11.3. The lowest BCUT2D eigenvalue weighted by Crippen LogP contribution is -2.73. The van der Waals surface area contributed by atoms with Gasteiger partial charge >= 0.3 is 8.48 Å². The smallest absolute Gasteiger partial charge is 0.436 e. The van der Waals surface area contributed by atoms with Gasteiger partial charge in [0, 0.05) is 22.9 Å². The average Bonchev–Trinajstić information content (AvgIpc) is 3.09. The maximum absolute atomic E-state index is 13.4. The number of hydrogen-bond donors (Lipinski definition) is 0. The Morgan fingerprint density at radius 1 is 0.781 bits per heavy atom. The van der Waals surface area contributed by atoms with Crippen LogP contribution in [0.3, 0.4) is 0 Å². The number of carbonyl (C=O) groups excluding carboxylic acids is 1. The van der Waals surface area contributed by atoms with Gasteiger partial charge in [0.15, 0.2) is 0 Å². The van der Waals surface area contributed by atoms with Gasteiger partial charge in [0.1, 0.15) is 5.75 Å². The van der Waals surface area contributed by atoms with Crippen molar-refractivity contribution in [3.05, 3.63) is 83.9 Å². The van der Waals surface area contributed by atoms with Gasteiger partial charge in [-0.2, -0.15) is 0 Å². The van der Waals surface area contributed by atoms with Crippen molar-refractivity contribution >= 4 is 30.4 Å². The summed E-state index contributed by atoms with van der Waals surface area (Å²) in [4.78, 5) is 13.4. The van der Waals surface area contributed by atoms with E-state index in [-0.39, 0.29) is 16.7 Å². The first-order chi connectivity index (χ1) is 15.0. The third kappa shape index (κ3) is 3.57. The molecule has 4 rings (SSSR count). The molecule has 0 spiro atoms. The number of hydrogen-bond acceptors (Lipinski definition) is 2. The van der Waals surface area contributed by atoms with Crippen molar-refractivity contribution in [3.63, 3.8) is 0 Å². The van der Waals surface area contributed by atoms with Crippen molar-refractivity contribution in [2.45, 2.75) is 59.3 Å². The predicted molar refractivity (Wildman–Crippen MR) is 136 cm³/mol. The number of rotatable bonds is 2. The Hall–Kier alpha value is -2.85. The highest BCUT2D eigenvalue weighted by Crippen LogP contribution is 2.48. The molecule has 32 heavy (non-hydrogen) atoms. The maximum atomic E-state index is 13.4. The molecular weight excluding hydrogens is 410 g/mol. The molecule has 3 aromatic rings. The zero-order valence-electron chi connectivity index (χ0n) is 20.2. The Balaban J connectivity index is 2.11. The van der Waals surface area contributed by atoms with E-state index in [0.717, 1.165) is 27.4 Å². The topological polar surface area (TPSA) is 29.5 Å². The van der Waals surface area contributed by atoms with Crippen LogP contribution in [0.5, 0.6) is 5.75 Å². The van der Waals surface area contributed by atoms with E-state index in [9.17, 15) is 4.79 Å². The van der Waals surface area contributed by atoms with Crippen LogP contribution in [0, 0.1) is 0 Å². The molecule has 0 aliphatic carbocycles. The second-order valence-electron chi connectivity index (χ2n) is 10.7. The Labute approximate surface area is 193 Å². The van der Waals surface area contributed by atoms with E-state index in [1.54, 1.807) is 6.92 Å². The quantitative estimate of drug-likeness (QED) is 0.504. The molecule has 1 heterocycles. The van der Waals surface area contributed by atoms with E-state index < -0.39 is 8.48 Å². The summed E-state index contributed by atoms with van der Waals surface area (Å²) in [5, 5.41) is 2.13. The SMILES string of the molecule is CC(=O)N1c2cc(C(C)(C)C)cc(C(C)(C)C)c2O[Si]1(c1ccccc1)c1ccccc1. The van der Waals surface area contributed by atoms with Crippen LogP contribution in [0.2, 0.25) is 0 Å². The number of nitrogens with zero attached hydrogens (tertiary/aromatic N) is 1. The zero-order valence-corrected chi connectivity index (χ0v) is 21.2. The molecule has 0 atom stereocenters. The van der Waals surface area contributed by atoms with Gasteiger partial charge in [-0.1, -0.05) is 108 Å². The molecule has 1 aliphatic heterocycles. The molecule has 0 bridgehead atoms. The second-order valence-corrected chi connectivity index (χ2v) is 13.8. The van der Waals surface area contributed by atoms with Crippen LogP contribution in [0.25, 0.3) is 0 Å². The second kappa shape index (κ2) is 7.63. The van der Waals surface area contributed by atoms with Gasteiger partial charge in [0.25, 0.3) is 0 Å². The summed E-state index contributed by atoms with van der Waals surface area (Å²) in [6.07, 6.45) is 0.